The van der Waals surface area contributed by atoms with Crippen molar-refractivity contribution in [3.05, 3.63) is 0 Å². The van der Waals surface area contributed by atoms with Gasteiger partial charge in [-0.1, -0.05) is 68.2 Å². The minimum absolute atomic E-state index is 0.111. The SMILES string of the molecule is CC(C)[Si](C#C[C@@H](CO[Si](C)(C)C(C)(C)C)NCCC(F)F)(C(C)C)C(C)C. The molecule has 0 aromatic rings. The topological polar surface area (TPSA) is 21.3 Å². The maximum absolute atomic E-state index is 12.6. The fourth-order valence-corrected chi connectivity index (χ4v) is 9.98. The molecule has 0 saturated carbocycles. The average Bonchev–Trinajstić information content (AvgIpc) is 2.49. The second kappa shape index (κ2) is 11.2. The fourth-order valence-electron chi connectivity index (χ4n) is 3.67. The van der Waals surface area contributed by atoms with Crippen molar-refractivity contribution in [2.24, 2.45) is 0 Å². The summed E-state index contributed by atoms with van der Waals surface area (Å²) in [6, 6.07) is -0.198. The van der Waals surface area contributed by atoms with E-state index < -0.39 is 22.8 Å². The number of alkyl halides is 2. The number of nitrogens with one attached hydrogen (secondary N) is 1. The van der Waals surface area contributed by atoms with Crippen molar-refractivity contribution < 1.29 is 13.2 Å². The summed E-state index contributed by atoms with van der Waals surface area (Å²) < 4.78 is 31.6. The van der Waals surface area contributed by atoms with E-state index in [2.05, 4.69) is 92.2 Å². The summed E-state index contributed by atoms with van der Waals surface area (Å²) in [4.78, 5) is 0. The Morgan fingerprint density at radius 1 is 0.929 bits per heavy atom. The standard InChI is InChI=1S/C22H45F2NOSi2/c1-17(2)28(18(3)4,19(5)6)15-13-20(25-14-12-21(23)24)16-26-27(10,11)22(7,8)9/h17-21,25H,12,14,16H2,1-11H3/t20-/m0/s1. The molecule has 28 heavy (non-hydrogen) atoms. The molecule has 0 radical (unpaired) electrons. The van der Waals surface area contributed by atoms with Crippen molar-refractivity contribution in [1.82, 2.24) is 5.32 Å². The Labute approximate surface area is 175 Å². The van der Waals surface area contributed by atoms with Crippen LogP contribution >= 0.6 is 0 Å². The fraction of sp³-hybridized carbons (Fsp3) is 0.909. The van der Waals surface area contributed by atoms with Crippen LogP contribution in [-0.2, 0) is 4.43 Å². The summed E-state index contributed by atoms with van der Waals surface area (Å²) in [6.07, 6.45) is -2.45. The van der Waals surface area contributed by atoms with Crippen LogP contribution in [0.5, 0.6) is 0 Å². The normalized spacial score (nSPS) is 14.8. The maximum Gasteiger partial charge on any atom is 0.239 e. The van der Waals surface area contributed by atoms with Gasteiger partial charge in [-0.15, -0.1) is 5.54 Å². The number of hydrogen-bond acceptors (Lipinski definition) is 2. The van der Waals surface area contributed by atoms with Gasteiger partial charge in [0.05, 0.1) is 12.6 Å². The Hall–Kier alpha value is -0.226. The Balaban J connectivity index is 5.62. The average molecular weight is 434 g/mol. The first kappa shape index (κ1) is 27.8. The third kappa shape index (κ3) is 7.89. The molecule has 6 heteroatoms. The highest BCUT2D eigenvalue weighted by Crippen LogP contribution is 2.41. The van der Waals surface area contributed by atoms with Crippen LogP contribution < -0.4 is 5.32 Å². The lowest BCUT2D eigenvalue weighted by molar-refractivity contribution is 0.135. The molecule has 0 saturated heterocycles. The van der Waals surface area contributed by atoms with E-state index >= 15 is 0 Å². The van der Waals surface area contributed by atoms with Gasteiger partial charge in [-0.3, -0.25) is 0 Å². The zero-order chi connectivity index (χ0) is 22.3. The van der Waals surface area contributed by atoms with Crippen molar-refractivity contribution in [1.29, 1.82) is 0 Å². The van der Waals surface area contributed by atoms with Gasteiger partial charge < -0.3 is 9.74 Å². The van der Waals surface area contributed by atoms with Crippen molar-refractivity contribution in [2.45, 2.75) is 116 Å². The van der Waals surface area contributed by atoms with E-state index in [0.717, 1.165) is 0 Å². The summed E-state index contributed by atoms with van der Waals surface area (Å²) in [5, 5.41) is 3.34. The van der Waals surface area contributed by atoms with Crippen LogP contribution in [0, 0.1) is 11.5 Å². The van der Waals surface area contributed by atoms with E-state index in [9.17, 15) is 8.78 Å². The summed E-state index contributed by atoms with van der Waals surface area (Å²) >= 11 is 0. The van der Waals surface area contributed by atoms with E-state index in [4.69, 9.17) is 4.43 Å². The summed E-state index contributed by atoms with van der Waals surface area (Å²) in [6.45, 7) is 25.5. The van der Waals surface area contributed by atoms with Crippen LogP contribution in [0.15, 0.2) is 0 Å². The molecular weight excluding hydrogens is 388 g/mol. The molecule has 1 atom stereocenters. The zero-order valence-corrected chi connectivity index (χ0v) is 22.2. The quantitative estimate of drug-likeness (QED) is 0.301. The van der Waals surface area contributed by atoms with Crippen LogP contribution in [0.3, 0.4) is 0 Å². The summed E-state index contributed by atoms with van der Waals surface area (Å²) in [5.74, 6) is 3.46. The first-order chi connectivity index (χ1) is 12.6. The molecule has 2 nitrogen and oxygen atoms in total. The molecule has 0 aliphatic rings. The monoisotopic (exact) mass is 433 g/mol. The molecule has 0 rings (SSSR count). The molecule has 0 heterocycles. The van der Waals surface area contributed by atoms with Gasteiger partial charge in [-0.25, -0.2) is 8.78 Å². The van der Waals surface area contributed by atoms with Gasteiger partial charge in [0, 0.05) is 13.0 Å². The minimum Gasteiger partial charge on any atom is -0.414 e. The molecule has 0 spiro atoms. The Morgan fingerprint density at radius 2 is 1.39 bits per heavy atom. The molecule has 1 N–H and O–H groups in total. The van der Waals surface area contributed by atoms with E-state index in [1.165, 1.54) is 0 Å². The minimum atomic E-state index is -2.29. The molecule has 0 fully saturated rings. The van der Waals surface area contributed by atoms with Crippen LogP contribution in [0.25, 0.3) is 0 Å². The molecule has 0 aromatic heterocycles. The van der Waals surface area contributed by atoms with Gasteiger partial charge in [0.25, 0.3) is 0 Å². The highest BCUT2D eigenvalue weighted by atomic mass is 28.4. The molecule has 0 unspecified atom stereocenters. The Bertz CT molecular complexity index is 495. The summed E-state index contributed by atoms with van der Waals surface area (Å²) in [7, 11) is -3.77. The van der Waals surface area contributed by atoms with E-state index in [-0.39, 0.29) is 24.0 Å². The lowest BCUT2D eigenvalue weighted by Gasteiger charge is -2.38. The smallest absolute Gasteiger partial charge is 0.239 e. The zero-order valence-electron chi connectivity index (χ0n) is 20.2. The van der Waals surface area contributed by atoms with Crippen LogP contribution in [0.4, 0.5) is 8.78 Å². The third-order valence-electron chi connectivity index (χ3n) is 6.50. The molecule has 0 bridgehead atoms. The Morgan fingerprint density at radius 3 is 1.75 bits per heavy atom. The molecular formula is C22H45F2NOSi2. The predicted molar refractivity (Wildman–Crippen MR) is 124 cm³/mol. The molecule has 0 aliphatic carbocycles. The second-order valence-corrected chi connectivity index (χ2v) is 20.8. The van der Waals surface area contributed by atoms with Gasteiger partial charge in [0.1, 0.15) is 8.07 Å². The lowest BCUT2D eigenvalue weighted by atomic mass is 10.2. The van der Waals surface area contributed by atoms with Crippen molar-refractivity contribution in [3.63, 3.8) is 0 Å². The van der Waals surface area contributed by atoms with Crippen LogP contribution in [0.2, 0.25) is 34.8 Å². The molecule has 166 valence electrons. The first-order valence-electron chi connectivity index (χ1n) is 10.8. The number of hydrogen-bond donors (Lipinski definition) is 1. The number of halogens is 2. The highest BCUT2D eigenvalue weighted by Gasteiger charge is 2.42. The van der Waals surface area contributed by atoms with Crippen LogP contribution in [0.1, 0.15) is 68.7 Å². The van der Waals surface area contributed by atoms with Crippen molar-refractivity contribution in [2.75, 3.05) is 13.2 Å². The van der Waals surface area contributed by atoms with Gasteiger partial charge >= 0.3 is 0 Å². The van der Waals surface area contributed by atoms with Gasteiger partial charge in [-0.2, -0.15) is 0 Å². The lowest BCUT2D eigenvalue weighted by Crippen LogP contribution is -2.46. The second-order valence-electron chi connectivity index (χ2n) is 10.4. The van der Waals surface area contributed by atoms with Crippen molar-refractivity contribution in [3.8, 4) is 11.5 Å². The van der Waals surface area contributed by atoms with Gasteiger partial charge in [-0.05, 0) is 34.8 Å². The number of rotatable bonds is 10. The summed E-state index contributed by atoms with van der Waals surface area (Å²) in [5.41, 5.74) is 5.35. The van der Waals surface area contributed by atoms with E-state index in [0.29, 0.717) is 23.2 Å². The Kier molecular flexibility index (Phi) is 11.2. The van der Waals surface area contributed by atoms with E-state index in [1.54, 1.807) is 0 Å². The van der Waals surface area contributed by atoms with Gasteiger partial charge in [0.15, 0.2) is 8.32 Å². The maximum atomic E-state index is 12.6. The van der Waals surface area contributed by atoms with Crippen LogP contribution in [-0.4, -0.2) is 42.0 Å². The van der Waals surface area contributed by atoms with E-state index in [1.807, 2.05) is 0 Å². The first-order valence-corrected chi connectivity index (χ1v) is 15.9. The van der Waals surface area contributed by atoms with Gasteiger partial charge in [0.2, 0.25) is 6.43 Å². The predicted octanol–water partition coefficient (Wildman–Crippen LogP) is 6.84. The molecule has 0 aromatic carbocycles. The highest BCUT2D eigenvalue weighted by molar-refractivity contribution is 6.90. The van der Waals surface area contributed by atoms with Crippen molar-refractivity contribution >= 4 is 16.4 Å². The largest absolute Gasteiger partial charge is 0.414 e. The molecule has 0 amide bonds. The molecule has 0 aliphatic heterocycles. The third-order valence-corrected chi connectivity index (χ3v) is 17.3.